The summed E-state index contributed by atoms with van der Waals surface area (Å²) in [5.74, 6) is 1.42. The quantitative estimate of drug-likeness (QED) is 0.850. The van der Waals surface area contributed by atoms with Gasteiger partial charge in [0.05, 0.1) is 5.69 Å². The van der Waals surface area contributed by atoms with Gasteiger partial charge in [0.2, 0.25) is 0 Å². The number of nitrogens with one attached hydrogen (secondary N) is 1. The third-order valence-corrected chi connectivity index (χ3v) is 4.42. The summed E-state index contributed by atoms with van der Waals surface area (Å²) in [6.07, 6.45) is 8.12. The van der Waals surface area contributed by atoms with E-state index in [1.165, 1.54) is 56.5 Å². The van der Waals surface area contributed by atoms with Crippen molar-refractivity contribution < 1.29 is 0 Å². The Morgan fingerprint density at radius 2 is 1.94 bits per heavy atom. The van der Waals surface area contributed by atoms with Gasteiger partial charge in [0.25, 0.3) is 0 Å². The van der Waals surface area contributed by atoms with Crippen LogP contribution >= 0.6 is 0 Å². The van der Waals surface area contributed by atoms with E-state index in [2.05, 4.69) is 23.1 Å². The molecule has 1 aromatic heterocycles. The van der Waals surface area contributed by atoms with E-state index in [1.807, 2.05) is 0 Å². The maximum absolute atomic E-state index is 4.76. The smallest absolute Gasteiger partial charge is 0.0671 e. The second-order valence-corrected chi connectivity index (χ2v) is 5.64. The Kier molecular flexibility index (Phi) is 3.19. The first-order chi connectivity index (χ1) is 8.34. The molecule has 1 saturated heterocycles. The second-order valence-electron chi connectivity index (χ2n) is 5.64. The van der Waals surface area contributed by atoms with Crippen molar-refractivity contribution in [2.45, 2.75) is 50.4 Å². The third-order valence-electron chi connectivity index (χ3n) is 4.42. The van der Waals surface area contributed by atoms with Crippen LogP contribution in [0.15, 0.2) is 6.07 Å². The molecule has 0 amide bonds. The zero-order chi connectivity index (χ0) is 11.7. The van der Waals surface area contributed by atoms with Crippen molar-refractivity contribution in [2.75, 3.05) is 13.1 Å². The molecule has 1 N–H and O–H groups in total. The van der Waals surface area contributed by atoms with Crippen molar-refractivity contribution in [3.05, 3.63) is 17.5 Å². The summed E-state index contributed by atoms with van der Waals surface area (Å²) >= 11 is 0. The zero-order valence-electron chi connectivity index (χ0n) is 10.8. The van der Waals surface area contributed by atoms with Crippen molar-refractivity contribution >= 4 is 0 Å². The van der Waals surface area contributed by atoms with Crippen LogP contribution < -0.4 is 5.32 Å². The fourth-order valence-corrected chi connectivity index (χ4v) is 3.41. The molecular formula is C14H23N3. The van der Waals surface area contributed by atoms with Gasteiger partial charge in [-0.15, -0.1) is 0 Å². The average Bonchev–Trinajstić information content (AvgIpc) is 2.99. The van der Waals surface area contributed by atoms with E-state index in [-0.39, 0.29) is 0 Å². The van der Waals surface area contributed by atoms with Crippen LogP contribution in [0.25, 0.3) is 0 Å². The Hall–Kier alpha value is -0.830. The molecule has 2 heterocycles. The van der Waals surface area contributed by atoms with Crippen LogP contribution in [-0.4, -0.2) is 22.9 Å². The fraction of sp³-hybridized carbons (Fsp3) is 0.786. The first-order valence-electron chi connectivity index (χ1n) is 7.09. The summed E-state index contributed by atoms with van der Waals surface area (Å²) in [5, 5.41) is 8.24. The molecule has 1 saturated carbocycles. The van der Waals surface area contributed by atoms with Crippen molar-refractivity contribution in [1.29, 1.82) is 0 Å². The van der Waals surface area contributed by atoms with Crippen LogP contribution in [0.5, 0.6) is 0 Å². The van der Waals surface area contributed by atoms with Gasteiger partial charge >= 0.3 is 0 Å². The lowest BCUT2D eigenvalue weighted by Gasteiger charge is -2.20. The predicted molar refractivity (Wildman–Crippen MR) is 69.3 cm³/mol. The largest absolute Gasteiger partial charge is 0.316 e. The fourth-order valence-electron chi connectivity index (χ4n) is 3.41. The van der Waals surface area contributed by atoms with Gasteiger partial charge < -0.3 is 5.32 Å². The molecule has 3 nitrogen and oxygen atoms in total. The van der Waals surface area contributed by atoms with Crippen LogP contribution in [0.4, 0.5) is 0 Å². The molecular weight excluding hydrogens is 210 g/mol. The maximum Gasteiger partial charge on any atom is 0.0671 e. The number of rotatable bonds is 2. The number of nitrogens with zero attached hydrogens (tertiary/aromatic N) is 2. The Morgan fingerprint density at radius 1 is 1.18 bits per heavy atom. The minimum absolute atomic E-state index is 0.644. The topological polar surface area (TPSA) is 29.9 Å². The Balaban J connectivity index is 1.79. The highest BCUT2D eigenvalue weighted by molar-refractivity contribution is 5.19. The SMILES string of the molecule is Cn1nc(C2CCCNC2)cc1C1CCCC1. The van der Waals surface area contributed by atoms with Gasteiger partial charge in [-0.05, 0) is 38.3 Å². The molecule has 0 aromatic carbocycles. The van der Waals surface area contributed by atoms with E-state index in [0.717, 1.165) is 12.5 Å². The van der Waals surface area contributed by atoms with Gasteiger partial charge in [-0.2, -0.15) is 5.10 Å². The summed E-state index contributed by atoms with van der Waals surface area (Å²) < 4.78 is 2.14. The van der Waals surface area contributed by atoms with Crippen LogP contribution in [0, 0.1) is 0 Å². The van der Waals surface area contributed by atoms with Gasteiger partial charge in [-0.25, -0.2) is 0 Å². The monoisotopic (exact) mass is 233 g/mol. The second kappa shape index (κ2) is 4.81. The molecule has 1 atom stereocenters. The molecule has 0 radical (unpaired) electrons. The summed E-state index contributed by atoms with van der Waals surface area (Å²) in [5.41, 5.74) is 2.80. The first kappa shape index (κ1) is 11.3. The van der Waals surface area contributed by atoms with E-state index >= 15 is 0 Å². The van der Waals surface area contributed by atoms with Crippen molar-refractivity contribution in [1.82, 2.24) is 15.1 Å². The van der Waals surface area contributed by atoms with Gasteiger partial charge in [-0.1, -0.05) is 12.8 Å². The maximum atomic E-state index is 4.76. The van der Waals surface area contributed by atoms with Crippen LogP contribution in [0.1, 0.15) is 61.7 Å². The van der Waals surface area contributed by atoms with Crippen LogP contribution in [0.3, 0.4) is 0 Å². The molecule has 1 aliphatic heterocycles. The van der Waals surface area contributed by atoms with Crippen LogP contribution in [0.2, 0.25) is 0 Å². The average molecular weight is 233 g/mol. The molecule has 0 bridgehead atoms. The number of piperidine rings is 1. The zero-order valence-corrected chi connectivity index (χ0v) is 10.8. The number of hydrogen-bond donors (Lipinski definition) is 1. The van der Waals surface area contributed by atoms with Gasteiger partial charge in [0, 0.05) is 31.1 Å². The van der Waals surface area contributed by atoms with Crippen LogP contribution in [-0.2, 0) is 7.05 Å². The minimum atomic E-state index is 0.644. The summed E-state index contributed by atoms with van der Waals surface area (Å²) in [7, 11) is 2.12. The lowest BCUT2D eigenvalue weighted by molar-refractivity contribution is 0.451. The van der Waals surface area contributed by atoms with E-state index in [0.29, 0.717) is 5.92 Å². The lowest BCUT2D eigenvalue weighted by atomic mass is 9.95. The van der Waals surface area contributed by atoms with Crippen molar-refractivity contribution in [3.8, 4) is 0 Å². The minimum Gasteiger partial charge on any atom is -0.316 e. The molecule has 3 rings (SSSR count). The van der Waals surface area contributed by atoms with E-state index in [4.69, 9.17) is 5.10 Å². The summed E-state index contributed by atoms with van der Waals surface area (Å²) in [6, 6.07) is 2.38. The molecule has 2 fully saturated rings. The Bertz CT molecular complexity index is 371. The standard InChI is InChI=1S/C14H23N3/c1-17-14(11-5-2-3-6-11)9-13(16-17)12-7-4-8-15-10-12/h9,11-12,15H,2-8,10H2,1H3. The van der Waals surface area contributed by atoms with Gasteiger partial charge in [0.1, 0.15) is 0 Å². The molecule has 17 heavy (non-hydrogen) atoms. The molecule has 1 unspecified atom stereocenters. The van der Waals surface area contributed by atoms with Crippen molar-refractivity contribution in [3.63, 3.8) is 0 Å². The van der Waals surface area contributed by atoms with E-state index < -0.39 is 0 Å². The first-order valence-corrected chi connectivity index (χ1v) is 7.09. The molecule has 3 heteroatoms. The van der Waals surface area contributed by atoms with E-state index in [9.17, 15) is 0 Å². The summed E-state index contributed by atoms with van der Waals surface area (Å²) in [4.78, 5) is 0. The van der Waals surface area contributed by atoms with Gasteiger partial charge in [0.15, 0.2) is 0 Å². The van der Waals surface area contributed by atoms with Crippen molar-refractivity contribution in [2.24, 2.45) is 7.05 Å². The van der Waals surface area contributed by atoms with Gasteiger partial charge in [-0.3, -0.25) is 4.68 Å². The number of aryl methyl sites for hydroxylation is 1. The van der Waals surface area contributed by atoms with E-state index in [1.54, 1.807) is 0 Å². The Morgan fingerprint density at radius 3 is 2.65 bits per heavy atom. The highest BCUT2D eigenvalue weighted by Gasteiger charge is 2.24. The highest BCUT2D eigenvalue weighted by atomic mass is 15.3. The molecule has 0 spiro atoms. The normalized spacial score (nSPS) is 26.5. The lowest BCUT2D eigenvalue weighted by Crippen LogP contribution is -2.28. The molecule has 2 aliphatic rings. The Labute approximate surface area is 104 Å². The molecule has 94 valence electrons. The molecule has 1 aromatic rings. The molecule has 1 aliphatic carbocycles. The number of aromatic nitrogens is 2. The number of hydrogen-bond acceptors (Lipinski definition) is 2. The summed E-state index contributed by atoms with van der Waals surface area (Å²) in [6.45, 7) is 2.29. The third kappa shape index (κ3) is 2.25. The highest BCUT2D eigenvalue weighted by Crippen LogP contribution is 2.35. The predicted octanol–water partition coefficient (Wildman–Crippen LogP) is 2.54.